The SMILES string of the molecule is CC(CN(C)C(=O)COc1ccc(Cl)cc1)C(=O)O. The second kappa shape index (κ2) is 6.99. The van der Waals surface area contributed by atoms with E-state index in [-0.39, 0.29) is 19.1 Å². The largest absolute Gasteiger partial charge is 0.484 e. The topological polar surface area (TPSA) is 66.8 Å². The number of nitrogens with zero attached hydrogens (tertiary/aromatic N) is 1. The normalized spacial score (nSPS) is 11.7. The number of carboxylic acids is 1. The van der Waals surface area contributed by atoms with Crippen LogP contribution >= 0.6 is 11.6 Å². The molecule has 19 heavy (non-hydrogen) atoms. The summed E-state index contributed by atoms with van der Waals surface area (Å²) in [5.41, 5.74) is 0. The summed E-state index contributed by atoms with van der Waals surface area (Å²) in [4.78, 5) is 23.8. The lowest BCUT2D eigenvalue weighted by Crippen LogP contribution is -2.36. The van der Waals surface area contributed by atoms with E-state index in [9.17, 15) is 9.59 Å². The molecule has 0 saturated heterocycles. The summed E-state index contributed by atoms with van der Waals surface area (Å²) in [6.45, 7) is 1.56. The number of halogens is 1. The summed E-state index contributed by atoms with van der Waals surface area (Å²) >= 11 is 5.73. The molecule has 1 amide bonds. The predicted molar refractivity (Wildman–Crippen MR) is 71.4 cm³/mol. The van der Waals surface area contributed by atoms with Crippen molar-refractivity contribution >= 4 is 23.5 Å². The molecule has 0 spiro atoms. The van der Waals surface area contributed by atoms with Crippen LogP contribution < -0.4 is 4.74 Å². The zero-order valence-electron chi connectivity index (χ0n) is 10.8. The monoisotopic (exact) mass is 285 g/mol. The highest BCUT2D eigenvalue weighted by Gasteiger charge is 2.17. The molecule has 0 fully saturated rings. The van der Waals surface area contributed by atoms with Gasteiger partial charge in [0.05, 0.1) is 5.92 Å². The summed E-state index contributed by atoms with van der Waals surface area (Å²) in [7, 11) is 1.55. The Labute approximate surface area is 116 Å². The van der Waals surface area contributed by atoms with Gasteiger partial charge in [0.1, 0.15) is 5.75 Å². The maximum Gasteiger partial charge on any atom is 0.308 e. The molecule has 1 aromatic carbocycles. The van der Waals surface area contributed by atoms with Crippen molar-refractivity contribution in [3.63, 3.8) is 0 Å². The molecule has 0 aliphatic heterocycles. The minimum atomic E-state index is -0.932. The van der Waals surface area contributed by atoms with Gasteiger partial charge in [0, 0.05) is 18.6 Å². The number of rotatable bonds is 6. The Bertz CT molecular complexity index is 446. The number of amides is 1. The predicted octanol–water partition coefficient (Wildman–Crippen LogP) is 1.90. The number of hydrogen-bond acceptors (Lipinski definition) is 3. The van der Waals surface area contributed by atoms with Gasteiger partial charge in [-0.1, -0.05) is 18.5 Å². The van der Waals surface area contributed by atoms with E-state index in [0.717, 1.165) is 0 Å². The average Bonchev–Trinajstić information content (AvgIpc) is 2.37. The fourth-order valence-electron chi connectivity index (χ4n) is 1.38. The Balaban J connectivity index is 2.42. The van der Waals surface area contributed by atoms with Gasteiger partial charge in [0.25, 0.3) is 5.91 Å². The molecule has 104 valence electrons. The van der Waals surface area contributed by atoms with Crippen LogP contribution in [0, 0.1) is 5.92 Å². The van der Waals surface area contributed by atoms with Crippen LogP contribution in [0.5, 0.6) is 5.75 Å². The maximum atomic E-state index is 11.7. The standard InChI is InChI=1S/C13H16ClNO4/c1-9(13(17)18)7-15(2)12(16)8-19-11-5-3-10(14)4-6-11/h3-6,9H,7-8H2,1-2H3,(H,17,18). The van der Waals surface area contributed by atoms with Gasteiger partial charge in [0.2, 0.25) is 0 Å². The molecule has 6 heteroatoms. The van der Waals surface area contributed by atoms with Crippen LogP contribution in [0.4, 0.5) is 0 Å². The van der Waals surface area contributed by atoms with E-state index >= 15 is 0 Å². The third kappa shape index (κ3) is 5.18. The second-order valence-electron chi connectivity index (χ2n) is 4.26. The first kappa shape index (κ1) is 15.3. The van der Waals surface area contributed by atoms with Gasteiger partial charge in [0.15, 0.2) is 6.61 Å². The van der Waals surface area contributed by atoms with Crippen LogP contribution in [-0.4, -0.2) is 42.1 Å². The highest BCUT2D eigenvalue weighted by atomic mass is 35.5. The molecule has 1 N–H and O–H groups in total. The first-order valence-corrected chi connectivity index (χ1v) is 6.13. The van der Waals surface area contributed by atoms with Gasteiger partial charge in [-0.3, -0.25) is 9.59 Å². The van der Waals surface area contributed by atoms with Crippen molar-refractivity contribution in [2.45, 2.75) is 6.92 Å². The molecule has 0 aliphatic rings. The molecule has 0 saturated carbocycles. The van der Waals surface area contributed by atoms with Gasteiger partial charge in [-0.15, -0.1) is 0 Å². The van der Waals surface area contributed by atoms with Crippen molar-refractivity contribution in [3.05, 3.63) is 29.3 Å². The first-order valence-electron chi connectivity index (χ1n) is 5.75. The Morgan fingerprint density at radius 2 is 1.95 bits per heavy atom. The third-order valence-corrected chi connectivity index (χ3v) is 2.82. The van der Waals surface area contributed by atoms with Gasteiger partial charge >= 0.3 is 5.97 Å². The van der Waals surface area contributed by atoms with Crippen LogP contribution in [0.1, 0.15) is 6.92 Å². The number of benzene rings is 1. The van der Waals surface area contributed by atoms with E-state index < -0.39 is 11.9 Å². The van der Waals surface area contributed by atoms with Crippen LogP contribution in [0.15, 0.2) is 24.3 Å². The summed E-state index contributed by atoms with van der Waals surface area (Å²) in [6, 6.07) is 6.65. The molecule has 1 unspecified atom stereocenters. The Kier molecular flexibility index (Phi) is 5.63. The molecule has 1 aromatic rings. The minimum absolute atomic E-state index is 0.134. The number of aliphatic carboxylic acids is 1. The number of carboxylic acid groups (broad SMARTS) is 1. The zero-order chi connectivity index (χ0) is 14.4. The summed E-state index contributed by atoms with van der Waals surface area (Å²) in [5, 5.41) is 9.35. The van der Waals surface area contributed by atoms with Crippen molar-refractivity contribution in [3.8, 4) is 5.75 Å². The van der Waals surface area contributed by atoms with Gasteiger partial charge < -0.3 is 14.7 Å². The molecule has 5 nitrogen and oxygen atoms in total. The molecule has 0 heterocycles. The van der Waals surface area contributed by atoms with Crippen LogP contribution in [0.3, 0.4) is 0 Å². The van der Waals surface area contributed by atoms with Crippen LogP contribution in [-0.2, 0) is 9.59 Å². The smallest absolute Gasteiger partial charge is 0.308 e. The maximum absolute atomic E-state index is 11.7. The average molecular weight is 286 g/mol. The number of carbonyl (C=O) groups is 2. The van der Waals surface area contributed by atoms with Crippen molar-refractivity contribution in [1.29, 1.82) is 0 Å². The van der Waals surface area contributed by atoms with E-state index in [1.165, 1.54) is 4.90 Å². The van der Waals surface area contributed by atoms with E-state index in [4.69, 9.17) is 21.4 Å². The minimum Gasteiger partial charge on any atom is -0.484 e. The molecule has 1 atom stereocenters. The van der Waals surface area contributed by atoms with Crippen molar-refractivity contribution < 1.29 is 19.4 Å². The number of likely N-dealkylation sites (N-methyl/N-ethyl adjacent to an activating group) is 1. The Morgan fingerprint density at radius 1 is 1.37 bits per heavy atom. The van der Waals surface area contributed by atoms with Gasteiger partial charge in [-0.2, -0.15) is 0 Å². The number of hydrogen-bond donors (Lipinski definition) is 1. The van der Waals surface area contributed by atoms with Gasteiger partial charge in [-0.05, 0) is 24.3 Å². The van der Waals surface area contributed by atoms with Crippen LogP contribution in [0.2, 0.25) is 5.02 Å². The lowest BCUT2D eigenvalue weighted by Gasteiger charge is -2.19. The van der Waals surface area contributed by atoms with Crippen molar-refractivity contribution in [2.75, 3.05) is 20.2 Å². The summed E-state index contributed by atoms with van der Waals surface area (Å²) in [6.07, 6.45) is 0. The van der Waals surface area contributed by atoms with Crippen LogP contribution in [0.25, 0.3) is 0 Å². The van der Waals surface area contributed by atoms with E-state index in [1.807, 2.05) is 0 Å². The van der Waals surface area contributed by atoms with E-state index in [0.29, 0.717) is 10.8 Å². The fourth-order valence-corrected chi connectivity index (χ4v) is 1.50. The number of ether oxygens (including phenoxy) is 1. The third-order valence-electron chi connectivity index (χ3n) is 2.57. The summed E-state index contributed by atoms with van der Waals surface area (Å²) in [5.74, 6) is -1.27. The quantitative estimate of drug-likeness (QED) is 0.867. The molecule has 0 aliphatic carbocycles. The molecular formula is C13H16ClNO4. The Hall–Kier alpha value is -1.75. The lowest BCUT2D eigenvalue weighted by molar-refractivity contribution is -0.143. The van der Waals surface area contributed by atoms with Gasteiger partial charge in [-0.25, -0.2) is 0 Å². The van der Waals surface area contributed by atoms with E-state index in [1.54, 1.807) is 38.2 Å². The summed E-state index contributed by atoms with van der Waals surface area (Å²) < 4.78 is 5.29. The molecule has 0 bridgehead atoms. The van der Waals surface area contributed by atoms with E-state index in [2.05, 4.69) is 0 Å². The fraction of sp³-hybridized carbons (Fsp3) is 0.385. The van der Waals surface area contributed by atoms with Crippen molar-refractivity contribution in [2.24, 2.45) is 5.92 Å². The lowest BCUT2D eigenvalue weighted by atomic mass is 10.2. The Morgan fingerprint density at radius 3 is 2.47 bits per heavy atom. The molecule has 0 radical (unpaired) electrons. The van der Waals surface area contributed by atoms with Crippen molar-refractivity contribution in [1.82, 2.24) is 4.90 Å². The molecular weight excluding hydrogens is 270 g/mol. The highest BCUT2D eigenvalue weighted by Crippen LogP contribution is 2.15. The first-order chi connectivity index (χ1) is 8.90. The molecule has 1 rings (SSSR count). The zero-order valence-corrected chi connectivity index (χ0v) is 11.6. The number of carbonyl (C=O) groups excluding carboxylic acids is 1. The second-order valence-corrected chi connectivity index (χ2v) is 4.69. The molecule has 0 aromatic heterocycles. The highest BCUT2D eigenvalue weighted by molar-refractivity contribution is 6.30.